The van der Waals surface area contributed by atoms with Crippen LogP contribution in [-0.4, -0.2) is 0 Å². The van der Waals surface area contributed by atoms with E-state index in [2.05, 4.69) is 38.1 Å². The van der Waals surface area contributed by atoms with Gasteiger partial charge in [0.1, 0.15) is 0 Å². The fourth-order valence-corrected chi connectivity index (χ4v) is 5.33. The third kappa shape index (κ3) is 0.885. The molecule has 3 aliphatic rings. The first-order valence-electron chi connectivity index (χ1n) is 6.79. The van der Waals surface area contributed by atoms with E-state index in [1.54, 1.807) is 11.1 Å². The minimum absolute atomic E-state index is 0.432. The van der Waals surface area contributed by atoms with Crippen LogP contribution in [0, 0.1) is 17.8 Å². The highest BCUT2D eigenvalue weighted by Crippen LogP contribution is 2.67. The van der Waals surface area contributed by atoms with Crippen LogP contribution in [0.1, 0.15) is 50.2 Å². The SMILES string of the molecule is CC1(C)c2ccccc2[C@@H]2C3CCC(C3)[C@@H]21. The van der Waals surface area contributed by atoms with Crippen LogP contribution in [0.2, 0.25) is 0 Å². The average Bonchev–Trinajstić information content (AvgIpc) is 2.92. The Labute approximate surface area is 98.1 Å². The Bertz CT molecular complexity index is 443. The van der Waals surface area contributed by atoms with Gasteiger partial charge in [0, 0.05) is 0 Å². The van der Waals surface area contributed by atoms with Crippen LogP contribution in [0.15, 0.2) is 24.3 Å². The van der Waals surface area contributed by atoms with Crippen LogP contribution in [0.5, 0.6) is 0 Å². The molecule has 2 saturated carbocycles. The lowest BCUT2D eigenvalue weighted by atomic mass is 9.69. The highest BCUT2D eigenvalue weighted by Gasteiger charge is 2.58. The molecule has 0 saturated heterocycles. The van der Waals surface area contributed by atoms with Crippen molar-refractivity contribution in [2.24, 2.45) is 17.8 Å². The summed E-state index contributed by atoms with van der Waals surface area (Å²) in [5.41, 5.74) is 3.78. The van der Waals surface area contributed by atoms with Crippen LogP contribution in [-0.2, 0) is 5.41 Å². The Morgan fingerprint density at radius 1 is 1.06 bits per heavy atom. The fourth-order valence-electron chi connectivity index (χ4n) is 5.33. The number of hydrogen-bond donors (Lipinski definition) is 0. The number of benzene rings is 1. The van der Waals surface area contributed by atoms with E-state index in [-0.39, 0.29) is 0 Å². The maximum Gasteiger partial charge on any atom is -0.00639 e. The van der Waals surface area contributed by atoms with E-state index in [1.165, 1.54) is 19.3 Å². The molecule has 2 unspecified atom stereocenters. The topological polar surface area (TPSA) is 0 Å². The molecule has 0 amide bonds. The molecule has 84 valence electrons. The predicted molar refractivity (Wildman–Crippen MR) is 66.5 cm³/mol. The van der Waals surface area contributed by atoms with Crippen LogP contribution in [0.25, 0.3) is 0 Å². The monoisotopic (exact) mass is 212 g/mol. The summed E-state index contributed by atoms with van der Waals surface area (Å²) in [7, 11) is 0. The zero-order chi connectivity index (χ0) is 10.9. The molecule has 0 spiro atoms. The van der Waals surface area contributed by atoms with E-state index in [9.17, 15) is 0 Å². The molecular formula is C16H20. The average molecular weight is 212 g/mol. The molecule has 0 nitrogen and oxygen atoms in total. The van der Waals surface area contributed by atoms with Crippen molar-refractivity contribution in [3.8, 4) is 0 Å². The Hall–Kier alpha value is -0.780. The second-order valence-corrected chi connectivity index (χ2v) is 6.69. The van der Waals surface area contributed by atoms with Crippen LogP contribution in [0.3, 0.4) is 0 Å². The first-order chi connectivity index (χ1) is 7.69. The summed E-state index contributed by atoms with van der Waals surface area (Å²) in [6.07, 6.45) is 4.52. The van der Waals surface area contributed by atoms with Crippen molar-refractivity contribution >= 4 is 0 Å². The first kappa shape index (κ1) is 9.27. The molecule has 1 aromatic carbocycles. The highest BCUT2D eigenvalue weighted by atomic mass is 14.6. The molecule has 2 bridgehead atoms. The fraction of sp³-hybridized carbons (Fsp3) is 0.625. The molecule has 0 heterocycles. The zero-order valence-electron chi connectivity index (χ0n) is 10.2. The quantitative estimate of drug-likeness (QED) is 0.607. The minimum atomic E-state index is 0.432. The summed E-state index contributed by atoms with van der Waals surface area (Å²) in [5, 5.41) is 0. The molecule has 0 heteroatoms. The summed E-state index contributed by atoms with van der Waals surface area (Å²) in [5.74, 6) is 3.89. The Morgan fingerprint density at radius 2 is 1.81 bits per heavy atom. The molecule has 4 atom stereocenters. The standard InChI is InChI=1S/C16H20/c1-16(2)13-6-4-3-5-12(13)14-10-7-8-11(9-10)15(14)16/h3-6,10-11,14-15H,7-9H2,1-2H3/t10?,11?,14-,15-/m0/s1. The van der Waals surface area contributed by atoms with Gasteiger partial charge in [-0.05, 0) is 59.5 Å². The Kier molecular flexibility index (Phi) is 1.58. The summed E-state index contributed by atoms with van der Waals surface area (Å²) >= 11 is 0. The second kappa shape index (κ2) is 2.72. The summed E-state index contributed by atoms with van der Waals surface area (Å²) < 4.78 is 0. The highest BCUT2D eigenvalue weighted by molar-refractivity contribution is 5.45. The lowest BCUT2D eigenvalue weighted by molar-refractivity contribution is 0.214. The van der Waals surface area contributed by atoms with Gasteiger partial charge in [0.25, 0.3) is 0 Å². The van der Waals surface area contributed by atoms with Gasteiger partial charge in [0.05, 0.1) is 0 Å². The van der Waals surface area contributed by atoms with Gasteiger partial charge < -0.3 is 0 Å². The maximum atomic E-state index is 2.48. The van der Waals surface area contributed by atoms with Gasteiger partial charge in [-0.1, -0.05) is 38.1 Å². The van der Waals surface area contributed by atoms with E-state index in [4.69, 9.17) is 0 Å². The van der Waals surface area contributed by atoms with Crippen molar-refractivity contribution in [2.75, 3.05) is 0 Å². The molecule has 0 aromatic heterocycles. The largest absolute Gasteiger partial charge is 0.0620 e. The zero-order valence-corrected chi connectivity index (χ0v) is 10.2. The molecule has 1 aromatic rings. The molecule has 0 aliphatic heterocycles. The van der Waals surface area contributed by atoms with Crippen molar-refractivity contribution in [3.63, 3.8) is 0 Å². The minimum Gasteiger partial charge on any atom is -0.0620 e. The lowest BCUT2D eigenvalue weighted by Gasteiger charge is -2.35. The van der Waals surface area contributed by atoms with Crippen LogP contribution >= 0.6 is 0 Å². The van der Waals surface area contributed by atoms with Gasteiger partial charge >= 0.3 is 0 Å². The summed E-state index contributed by atoms with van der Waals surface area (Å²) in [6, 6.07) is 9.25. The molecule has 3 aliphatic carbocycles. The number of rotatable bonds is 0. The second-order valence-electron chi connectivity index (χ2n) is 6.69. The number of fused-ring (bicyclic) bond motifs is 7. The molecular weight excluding hydrogens is 192 g/mol. The molecule has 4 rings (SSSR count). The molecule has 0 radical (unpaired) electrons. The Morgan fingerprint density at radius 3 is 2.69 bits per heavy atom. The van der Waals surface area contributed by atoms with Gasteiger partial charge in [-0.2, -0.15) is 0 Å². The van der Waals surface area contributed by atoms with Gasteiger partial charge in [0.15, 0.2) is 0 Å². The van der Waals surface area contributed by atoms with Gasteiger partial charge in [-0.3, -0.25) is 0 Å². The van der Waals surface area contributed by atoms with Crippen molar-refractivity contribution in [3.05, 3.63) is 35.4 Å². The van der Waals surface area contributed by atoms with E-state index in [1.807, 2.05) is 0 Å². The predicted octanol–water partition coefficient (Wildman–Crippen LogP) is 4.11. The molecule has 0 N–H and O–H groups in total. The molecule has 16 heavy (non-hydrogen) atoms. The van der Waals surface area contributed by atoms with Gasteiger partial charge in [0.2, 0.25) is 0 Å². The van der Waals surface area contributed by atoms with Crippen LogP contribution < -0.4 is 0 Å². The maximum absolute atomic E-state index is 2.48. The third-order valence-corrected chi connectivity index (χ3v) is 5.76. The summed E-state index contributed by atoms with van der Waals surface area (Å²) in [6.45, 7) is 4.97. The van der Waals surface area contributed by atoms with Crippen molar-refractivity contribution < 1.29 is 0 Å². The molecule has 2 fully saturated rings. The normalized spacial score (nSPS) is 42.1. The van der Waals surface area contributed by atoms with Crippen molar-refractivity contribution in [1.29, 1.82) is 0 Å². The first-order valence-corrected chi connectivity index (χ1v) is 6.79. The van der Waals surface area contributed by atoms with Crippen molar-refractivity contribution in [1.82, 2.24) is 0 Å². The van der Waals surface area contributed by atoms with Crippen molar-refractivity contribution in [2.45, 2.75) is 44.4 Å². The van der Waals surface area contributed by atoms with E-state index >= 15 is 0 Å². The Balaban J connectivity index is 1.94. The van der Waals surface area contributed by atoms with Crippen LogP contribution in [0.4, 0.5) is 0 Å². The van der Waals surface area contributed by atoms with E-state index in [0.717, 1.165) is 23.7 Å². The van der Waals surface area contributed by atoms with E-state index in [0.29, 0.717) is 5.41 Å². The van der Waals surface area contributed by atoms with Gasteiger partial charge in [-0.15, -0.1) is 0 Å². The summed E-state index contributed by atoms with van der Waals surface area (Å²) in [4.78, 5) is 0. The van der Waals surface area contributed by atoms with E-state index < -0.39 is 0 Å². The lowest BCUT2D eigenvalue weighted by Crippen LogP contribution is -2.30. The smallest absolute Gasteiger partial charge is 0.00639 e. The third-order valence-electron chi connectivity index (χ3n) is 5.76. The van der Waals surface area contributed by atoms with Gasteiger partial charge in [-0.25, -0.2) is 0 Å². The number of hydrogen-bond acceptors (Lipinski definition) is 0.